The van der Waals surface area contributed by atoms with Crippen molar-refractivity contribution in [2.45, 2.75) is 33.4 Å². The van der Waals surface area contributed by atoms with Crippen molar-refractivity contribution < 1.29 is 9.42 Å². The minimum atomic E-state index is -0.105. The fourth-order valence-corrected chi connectivity index (χ4v) is 2.71. The maximum Gasteiger partial charge on any atom is 0.317 e. The van der Waals surface area contributed by atoms with Crippen molar-refractivity contribution in [3.8, 4) is 0 Å². The molecule has 1 aromatic carbocycles. The molecule has 3 aromatic rings. The molecule has 0 aliphatic carbocycles. The molecule has 0 fully saturated rings. The van der Waals surface area contributed by atoms with Crippen molar-refractivity contribution in [3.05, 3.63) is 41.2 Å². The van der Waals surface area contributed by atoms with Crippen molar-refractivity contribution in [2.75, 3.05) is 13.6 Å². The van der Waals surface area contributed by atoms with Crippen molar-refractivity contribution >= 4 is 17.1 Å². The highest BCUT2D eigenvalue weighted by molar-refractivity contribution is 5.75. The molecule has 8 heteroatoms. The van der Waals surface area contributed by atoms with Gasteiger partial charge in [-0.25, -0.2) is 9.42 Å². The number of carbonyl (C=O) groups excluding carboxylic acids is 1. The number of amides is 2. The van der Waals surface area contributed by atoms with Crippen molar-refractivity contribution in [2.24, 2.45) is 0 Å². The maximum atomic E-state index is 12.2. The molecule has 0 saturated heterocycles. The van der Waals surface area contributed by atoms with Crippen molar-refractivity contribution in [1.82, 2.24) is 30.3 Å². The summed E-state index contributed by atoms with van der Waals surface area (Å²) in [4.78, 5) is 13.9. The van der Waals surface area contributed by atoms with Gasteiger partial charge in [-0.1, -0.05) is 6.07 Å². The molecule has 2 aromatic heterocycles. The largest absolute Gasteiger partial charge is 0.334 e. The second kappa shape index (κ2) is 7.33. The first kappa shape index (κ1) is 16.9. The van der Waals surface area contributed by atoms with E-state index in [1.807, 2.05) is 36.7 Å². The van der Waals surface area contributed by atoms with E-state index in [0.717, 1.165) is 29.9 Å². The Morgan fingerprint density at radius 3 is 2.80 bits per heavy atom. The summed E-state index contributed by atoms with van der Waals surface area (Å²) in [6.45, 7) is 5.92. The molecule has 0 unspecified atom stereocenters. The summed E-state index contributed by atoms with van der Waals surface area (Å²) in [6.07, 6.45) is 0.850. The monoisotopic (exact) mass is 342 g/mol. The molecule has 0 bridgehead atoms. The van der Waals surface area contributed by atoms with Gasteiger partial charge in [-0.15, -0.1) is 0 Å². The van der Waals surface area contributed by atoms with Crippen LogP contribution in [-0.4, -0.2) is 44.6 Å². The first-order chi connectivity index (χ1) is 12.0. The Morgan fingerprint density at radius 2 is 2.04 bits per heavy atom. The minimum Gasteiger partial charge on any atom is -0.334 e. The lowest BCUT2D eigenvalue weighted by atomic mass is 10.2. The smallest absolute Gasteiger partial charge is 0.317 e. The summed E-state index contributed by atoms with van der Waals surface area (Å²) < 4.78 is 6.65. The lowest BCUT2D eigenvalue weighted by Gasteiger charge is -2.18. The van der Waals surface area contributed by atoms with Gasteiger partial charge in [0.1, 0.15) is 11.0 Å². The van der Waals surface area contributed by atoms with E-state index in [9.17, 15) is 4.79 Å². The quantitative estimate of drug-likeness (QED) is 0.742. The number of urea groups is 1. The van der Waals surface area contributed by atoms with Crippen LogP contribution in [0.15, 0.2) is 28.9 Å². The van der Waals surface area contributed by atoms with Crippen molar-refractivity contribution in [1.29, 1.82) is 0 Å². The van der Waals surface area contributed by atoms with Gasteiger partial charge in [0.2, 0.25) is 0 Å². The molecule has 3 rings (SSSR count). The third-order valence-corrected chi connectivity index (χ3v) is 4.08. The summed E-state index contributed by atoms with van der Waals surface area (Å²) in [7, 11) is 1.79. The van der Waals surface area contributed by atoms with Crippen LogP contribution in [0.5, 0.6) is 0 Å². The Balaban J connectivity index is 1.44. The van der Waals surface area contributed by atoms with Gasteiger partial charge < -0.3 is 10.2 Å². The van der Waals surface area contributed by atoms with Gasteiger partial charge in [-0.3, -0.25) is 4.68 Å². The zero-order valence-electron chi connectivity index (χ0n) is 14.7. The lowest BCUT2D eigenvalue weighted by Crippen LogP contribution is -2.37. The van der Waals surface area contributed by atoms with Gasteiger partial charge in [0, 0.05) is 32.4 Å². The average Bonchev–Trinajstić information content (AvgIpc) is 3.18. The molecule has 0 atom stereocenters. The molecular weight excluding hydrogens is 320 g/mol. The van der Waals surface area contributed by atoms with E-state index in [-0.39, 0.29) is 6.03 Å². The van der Waals surface area contributed by atoms with E-state index < -0.39 is 0 Å². The number of hydrogen-bond acceptors (Lipinski definition) is 5. The fourth-order valence-electron chi connectivity index (χ4n) is 2.71. The van der Waals surface area contributed by atoms with E-state index in [0.29, 0.717) is 24.1 Å². The van der Waals surface area contributed by atoms with Crippen LogP contribution in [0.3, 0.4) is 0 Å². The van der Waals surface area contributed by atoms with E-state index in [4.69, 9.17) is 0 Å². The van der Waals surface area contributed by atoms with Gasteiger partial charge in [-0.2, -0.15) is 5.10 Å². The molecule has 0 aliphatic heterocycles. The van der Waals surface area contributed by atoms with Crippen LogP contribution >= 0.6 is 0 Å². The predicted octanol–water partition coefficient (Wildman–Crippen LogP) is 2.27. The average molecular weight is 342 g/mol. The number of aryl methyl sites for hydroxylation is 3. The molecule has 2 amide bonds. The molecule has 0 spiro atoms. The lowest BCUT2D eigenvalue weighted by molar-refractivity contribution is 0.207. The summed E-state index contributed by atoms with van der Waals surface area (Å²) in [5.41, 5.74) is 4.50. The summed E-state index contributed by atoms with van der Waals surface area (Å²) >= 11 is 0. The van der Waals surface area contributed by atoms with Gasteiger partial charge in [0.25, 0.3) is 0 Å². The van der Waals surface area contributed by atoms with Crippen LogP contribution in [0.4, 0.5) is 4.79 Å². The highest BCUT2D eigenvalue weighted by Crippen LogP contribution is 2.11. The van der Waals surface area contributed by atoms with Crippen LogP contribution in [0.1, 0.15) is 23.4 Å². The number of aromatic nitrogens is 4. The zero-order chi connectivity index (χ0) is 17.8. The Bertz CT molecular complexity index is 869. The first-order valence-corrected chi connectivity index (χ1v) is 8.24. The summed E-state index contributed by atoms with van der Waals surface area (Å²) in [5.74, 6) is 0. The van der Waals surface area contributed by atoms with Gasteiger partial charge in [0.05, 0.1) is 5.69 Å². The zero-order valence-corrected chi connectivity index (χ0v) is 14.7. The number of hydrogen-bond donors (Lipinski definition) is 1. The molecule has 0 saturated carbocycles. The molecule has 8 nitrogen and oxygen atoms in total. The summed E-state index contributed by atoms with van der Waals surface area (Å²) in [6, 6.07) is 7.53. The molecule has 2 heterocycles. The Hall–Kier alpha value is -2.90. The molecule has 25 heavy (non-hydrogen) atoms. The number of carbonyl (C=O) groups is 1. The van der Waals surface area contributed by atoms with Crippen LogP contribution in [0, 0.1) is 13.8 Å². The molecular formula is C17H22N6O2. The van der Waals surface area contributed by atoms with E-state index >= 15 is 0 Å². The number of nitrogens with one attached hydrogen (secondary N) is 1. The Labute approximate surface area is 145 Å². The van der Waals surface area contributed by atoms with Crippen LogP contribution in [0.2, 0.25) is 0 Å². The molecule has 132 valence electrons. The number of fused-ring (bicyclic) bond motifs is 1. The van der Waals surface area contributed by atoms with E-state index in [1.54, 1.807) is 11.9 Å². The number of benzene rings is 1. The fraction of sp³-hybridized carbons (Fsp3) is 0.412. The second-order valence-electron chi connectivity index (χ2n) is 6.17. The normalized spacial score (nSPS) is 11.0. The molecule has 1 N–H and O–H groups in total. The van der Waals surface area contributed by atoms with Gasteiger partial charge >= 0.3 is 6.03 Å². The second-order valence-corrected chi connectivity index (χ2v) is 6.17. The Kier molecular flexibility index (Phi) is 4.97. The number of rotatable bonds is 6. The van der Waals surface area contributed by atoms with Crippen LogP contribution in [0.25, 0.3) is 11.0 Å². The topological polar surface area (TPSA) is 89.1 Å². The highest BCUT2D eigenvalue weighted by Gasteiger charge is 2.09. The maximum absolute atomic E-state index is 12.2. The van der Waals surface area contributed by atoms with Gasteiger partial charge in [0.15, 0.2) is 0 Å². The SMILES string of the molecule is Cc1cc(C)n(CCCN(C)C(=O)NCc2ccc3nonc3c2)n1. The number of nitrogens with zero attached hydrogens (tertiary/aromatic N) is 5. The molecule has 0 aliphatic rings. The Morgan fingerprint density at radius 1 is 1.24 bits per heavy atom. The first-order valence-electron chi connectivity index (χ1n) is 8.24. The standard InChI is InChI=1S/C17H22N6O2/c1-12-9-13(2)23(19-12)8-4-7-22(3)17(24)18-11-14-5-6-15-16(10-14)21-25-20-15/h5-6,9-10H,4,7-8,11H2,1-3H3,(H,18,24). The van der Waals surface area contributed by atoms with E-state index in [2.05, 4.69) is 31.4 Å². The third-order valence-electron chi connectivity index (χ3n) is 4.08. The minimum absolute atomic E-state index is 0.105. The van der Waals surface area contributed by atoms with E-state index in [1.165, 1.54) is 0 Å². The van der Waals surface area contributed by atoms with Crippen molar-refractivity contribution in [3.63, 3.8) is 0 Å². The molecule has 0 radical (unpaired) electrons. The highest BCUT2D eigenvalue weighted by atomic mass is 16.6. The third kappa shape index (κ3) is 4.14. The van der Waals surface area contributed by atoms with Crippen LogP contribution < -0.4 is 5.32 Å². The van der Waals surface area contributed by atoms with Crippen LogP contribution in [-0.2, 0) is 13.1 Å². The predicted molar refractivity (Wildman–Crippen MR) is 93.0 cm³/mol. The summed E-state index contributed by atoms with van der Waals surface area (Å²) in [5, 5.41) is 14.9. The van der Waals surface area contributed by atoms with Gasteiger partial charge in [-0.05, 0) is 54.3 Å².